The van der Waals surface area contributed by atoms with Gasteiger partial charge in [-0.05, 0) is 37.7 Å². The topological polar surface area (TPSA) is 105 Å². The maximum atomic E-state index is 15.1. The molecule has 5 heterocycles. The molecule has 190 valence electrons. The molecule has 3 aliphatic rings. The van der Waals surface area contributed by atoms with Crippen LogP contribution in [0.15, 0.2) is 6.20 Å². The van der Waals surface area contributed by atoms with E-state index < -0.39 is 21.4 Å². The number of hydrogen-bond acceptors (Lipinski definition) is 8. The van der Waals surface area contributed by atoms with Crippen LogP contribution in [0, 0.1) is 5.82 Å². The van der Waals surface area contributed by atoms with Gasteiger partial charge < -0.3 is 15.0 Å². The van der Waals surface area contributed by atoms with Gasteiger partial charge in [-0.15, -0.1) is 11.3 Å². The maximum Gasteiger partial charge on any atom is 0.255 e. The van der Waals surface area contributed by atoms with Crippen molar-refractivity contribution in [2.24, 2.45) is 0 Å². The van der Waals surface area contributed by atoms with Crippen molar-refractivity contribution in [1.29, 1.82) is 0 Å². The van der Waals surface area contributed by atoms with Gasteiger partial charge >= 0.3 is 0 Å². The summed E-state index contributed by atoms with van der Waals surface area (Å²) in [5.41, 5.74) is 1.31. The fourth-order valence-corrected chi connectivity index (χ4v) is 7.98. The second kappa shape index (κ2) is 9.06. The van der Waals surface area contributed by atoms with Crippen molar-refractivity contribution in [3.63, 3.8) is 0 Å². The van der Waals surface area contributed by atoms with E-state index in [1.54, 1.807) is 0 Å². The van der Waals surface area contributed by atoms with Crippen LogP contribution in [0.3, 0.4) is 0 Å². The van der Waals surface area contributed by atoms with Gasteiger partial charge in [0.15, 0.2) is 5.82 Å². The van der Waals surface area contributed by atoms with Crippen molar-refractivity contribution in [2.45, 2.75) is 50.6 Å². The Labute approximate surface area is 208 Å². The summed E-state index contributed by atoms with van der Waals surface area (Å²) in [5.74, 6) is -0.246. The van der Waals surface area contributed by atoms with E-state index in [0.717, 1.165) is 23.3 Å². The number of aromatic nitrogens is 2. The van der Waals surface area contributed by atoms with E-state index in [-0.39, 0.29) is 17.6 Å². The highest BCUT2D eigenvalue weighted by atomic mass is 32.2. The Balaban J connectivity index is 1.46. The lowest BCUT2D eigenvalue weighted by Gasteiger charge is -2.39. The van der Waals surface area contributed by atoms with Crippen LogP contribution < -0.4 is 5.32 Å². The number of sulfonamides is 1. The molecule has 2 aromatic heterocycles. The smallest absolute Gasteiger partial charge is 0.255 e. The van der Waals surface area contributed by atoms with E-state index in [2.05, 4.69) is 15.3 Å². The second-order valence-electron chi connectivity index (χ2n) is 9.45. The third-order valence-corrected chi connectivity index (χ3v) is 10.2. The maximum absolute atomic E-state index is 15.1. The molecule has 0 saturated carbocycles. The molecule has 3 aliphatic heterocycles. The third-order valence-electron chi connectivity index (χ3n) is 7.48. The Hall–Kier alpha value is -2.15. The number of ether oxygens (including phenoxy) is 1. The molecule has 5 rings (SSSR count). The minimum Gasteiger partial charge on any atom is -0.381 e. The van der Waals surface area contributed by atoms with Gasteiger partial charge in [0.2, 0.25) is 16.0 Å². The molecule has 12 heteroatoms. The van der Waals surface area contributed by atoms with Crippen molar-refractivity contribution in [2.75, 3.05) is 44.9 Å². The van der Waals surface area contributed by atoms with Crippen LogP contribution in [0.25, 0.3) is 10.6 Å². The van der Waals surface area contributed by atoms with Gasteiger partial charge in [-0.25, -0.2) is 27.1 Å². The van der Waals surface area contributed by atoms with E-state index in [9.17, 15) is 13.2 Å². The van der Waals surface area contributed by atoms with Gasteiger partial charge in [-0.1, -0.05) is 6.92 Å². The molecule has 0 bridgehead atoms. The van der Waals surface area contributed by atoms with Crippen molar-refractivity contribution in [3.05, 3.63) is 28.0 Å². The van der Waals surface area contributed by atoms with Crippen LogP contribution in [-0.4, -0.2) is 79.1 Å². The fraction of sp³-hybridized carbons (Fsp3) is 0.609. The summed E-state index contributed by atoms with van der Waals surface area (Å²) >= 11 is 1.46. The monoisotopic (exact) mass is 523 g/mol. The van der Waals surface area contributed by atoms with Crippen molar-refractivity contribution < 1.29 is 22.3 Å². The molecule has 0 radical (unpaired) electrons. The van der Waals surface area contributed by atoms with Gasteiger partial charge in [0.05, 0.1) is 28.4 Å². The van der Waals surface area contributed by atoms with E-state index in [1.807, 2.05) is 18.9 Å². The molecule has 0 atom stereocenters. The first kappa shape index (κ1) is 24.5. The first-order valence-electron chi connectivity index (χ1n) is 11.9. The molecule has 2 fully saturated rings. The zero-order valence-corrected chi connectivity index (χ0v) is 21.8. The number of thiophene rings is 1. The Morgan fingerprint density at radius 2 is 1.97 bits per heavy atom. The van der Waals surface area contributed by atoms with Gasteiger partial charge in [0.25, 0.3) is 5.91 Å². The van der Waals surface area contributed by atoms with Crippen LogP contribution >= 0.6 is 11.3 Å². The minimum atomic E-state index is -3.21. The number of anilines is 1. The SMILES string of the molecule is CCc1c(-c2nc(NC3CCN(S(C)(=O)=O)CC3)ncc2F)sc2c1C(=O)N(C)C21CCOCC1. The standard InChI is InChI=1S/C23H30FN5O4S2/c1-4-15-17-20(23(28(2)21(17)30)7-11-33-12-8-23)34-19(15)18-16(24)13-25-22(27-18)26-14-5-9-29(10-6-14)35(3,31)32/h13-14H,4-12H2,1-3H3,(H,25,26,27). The lowest BCUT2D eigenvalue weighted by atomic mass is 9.88. The molecular formula is C23H30FN5O4S2. The van der Waals surface area contributed by atoms with Gasteiger partial charge in [-0.3, -0.25) is 4.79 Å². The number of hydrogen-bond donors (Lipinski definition) is 1. The highest BCUT2D eigenvalue weighted by Crippen LogP contribution is 2.52. The third kappa shape index (κ3) is 4.13. The number of fused-ring (bicyclic) bond motifs is 2. The predicted molar refractivity (Wildman–Crippen MR) is 132 cm³/mol. The van der Waals surface area contributed by atoms with Crippen LogP contribution in [0.1, 0.15) is 53.4 Å². The van der Waals surface area contributed by atoms with Crippen molar-refractivity contribution in [1.82, 2.24) is 19.2 Å². The minimum absolute atomic E-state index is 0.00830. The molecule has 0 unspecified atom stereocenters. The number of carbonyl (C=O) groups excluding carboxylic acids is 1. The van der Waals surface area contributed by atoms with E-state index >= 15 is 4.39 Å². The molecule has 0 aromatic carbocycles. The number of amides is 1. The highest BCUT2D eigenvalue weighted by Gasteiger charge is 2.51. The molecule has 0 aliphatic carbocycles. The summed E-state index contributed by atoms with van der Waals surface area (Å²) < 4.78 is 45.6. The van der Waals surface area contributed by atoms with E-state index in [1.165, 1.54) is 28.1 Å². The number of carbonyl (C=O) groups is 1. The lowest BCUT2D eigenvalue weighted by Crippen LogP contribution is -2.45. The summed E-state index contributed by atoms with van der Waals surface area (Å²) in [5, 5.41) is 3.25. The molecule has 1 amide bonds. The molecule has 1 spiro atoms. The molecule has 9 nitrogen and oxygen atoms in total. The Morgan fingerprint density at radius 1 is 1.29 bits per heavy atom. The normalized spacial score (nSPS) is 21.0. The van der Waals surface area contributed by atoms with Crippen LogP contribution in [0.4, 0.5) is 10.3 Å². The van der Waals surface area contributed by atoms with Crippen molar-refractivity contribution in [3.8, 4) is 10.6 Å². The molecule has 2 aromatic rings. The average molecular weight is 524 g/mol. The second-order valence-corrected chi connectivity index (χ2v) is 12.4. The van der Waals surface area contributed by atoms with Gasteiger partial charge in [0.1, 0.15) is 5.69 Å². The van der Waals surface area contributed by atoms with Crippen LogP contribution in [0.2, 0.25) is 0 Å². The highest BCUT2D eigenvalue weighted by molar-refractivity contribution is 7.88. The number of piperidine rings is 1. The first-order chi connectivity index (χ1) is 16.7. The number of nitrogens with zero attached hydrogens (tertiary/aromatic N) is 4. The Kier molecular flexibility index (Phi) is 6.35. The number of rotatable bonds is 5. The average Bonchev–Trinajstić information content (AvgIpc) is 3.31. The van der Waals surface area contributed by atoms with E-state index in [0.29, 0.717) is 62.0 Å². The largest absolute Gasteiger partial charge is 0.381 e. The lowest BCUT2D eigenvalue weighted by molar-refractivity contribution is -0.00470. The summed E-state index contributed by atoms with van der Waals surface area (Å²) in [6.45, 7) is 3.98. The molecule has 35 heavy (non-hydrogen) atoms. The predicted octanol–water partition coefficient (Wildman–Crippen LogP) is 2.83. The Morgan fingerprint density at radius 3 is 2.60 bits per heavy atom. The summed E-state index contributed by atoms with van der Waals surface area (Å²) in [6.07, 6.45) is 5.63. The van der Waals surface area contributed by atoms with Gasteiger partial charge in [-0.2, -0.15) is 0 Å². The number of nitrogens with one attached hydrogen (secondary N) is 1. The fourth-order valence-electron chi connectivity index (χ4n) is 5.44. The van der Waals surface area contributed by atoms with Gasteiger partial charge in [0, 0.05) is 44.3 Å². The molecule has 1 N–H and O–H groups in total. The summed E-state index contributed by atoms with van der Waals surface area (Å²) in [6, 6.07) is -0.00830. The van der Waals surface area contributed by atoms with Crippen LogP contribution in [-0.2, 0) is 26.7 Å². The Bertz CT molecular complexity index is 1250. The molecular weight excluding hydrogens is 493 g/mol. The first-order valence-corrected chi connectivity index (χ1v) is 14.6. The zero-order valence-electron chi connectivity index (χ0n) is 20.1. The summed E-state index contributed by atoms with van der Waals surface area (Å²) in [7, 11) is -1.36. The molecule has 2 saturated heterocycles. The zero-order chi connectivity index (χ0) is 25.0. The van der Waals surface area contributed by atoms with E-state index in [4.69, 9.17) is 4.74 Å². The van der Waals surface area contributed by atoms with Crippen molar-refractivity contribution >= 4 is 33.2 Å². The number of halogens is 1. The van der Waals surface area contributed by atoms with Crippen LogP contribution in [0.5, 0.6) is 0 Å². The quantitative estimate of drug-likeness (QED) is 0.643. The summed E-state index contributed by atoms with van der Waals surface area (Å²) in [4.78, 5) is 25.5.